The van der Waals surface area contributed by atoms with Gasteiger partial charge in [-0.1, -0.05) is 11.6 Å². The summed E-state index contributed by atoms with van der Waals surface area (Å²) in [4.78, 5) is 11.7. The van der Waals surface area contributed by atoms with E-state index in [2.05, 4.69) is 33.3 Å². The van der Waals surface area contributed by atoms with Crippen molar-refractivity contribution in [1.82, 2.24) is 0 Å². The Balaban J connectivity index is 3.20. The van der Waals surface area contributed by atoms with Crippen LogP contribution in [0.2, 0.25) is 5.02 Å². The number of hydrogen-bond acceptors (Lipinski definition) is 3. The van der Waals surface area contributed by atoms with Crippen LogP contribution in [0.5, 0.6) is 0 Å². The minimum Gasteiger partial charge on any atom is -0.465 e. The highest BCUT2D eigenvalue weighted by Crippen LogP contribution is 2.30. The van der Waals surface area contributed by atoms with E-state index in [0.717, 1.165) is 0 Å². The Morgan fingerprint density at radius 1 is 1.62 bits per heavy atom. The lowest BCUT2D eigenvalue weighted by Crippen LogP contribution is -2.01. The fourth-order valence-corrected chi connectivity index (χ4v) is 1.58. The van der Waals surface area contributed by atoms with Crippen LogP contribution in [0.25, 0.3) is 0 Å². The number of carbonyl (C=O) groups is 1. The average Bonchev–Trinajstić information content (AvgIpc) is 2.12. The molecule has 0 N–H and O–H groups in total. The lowest BCUT2D eigenvalue weighted by Gasteiger charge is -2.03. The predicted octanol–water partition coefficient (Wildman–Crippen LogP) is 3.18. The number of carbonyl (C=O) groups excluding carboxylic acids is 1. The highest BCUT2D eigenvalue weighted by molar-refractivity contribution is 9.10. The smallest absolute Gasteiger partial charge is 0.337 e. The third kappa shape index (κ3) is 2.39. The zero-order valence-electron chi connectivity index (χ0n) is 6.67. The molecule has 0 aliphatic rings. The van der Waals surface area contributed by atoms with E-state index in [1.54, 1.807) is 6.07 Å². The zero-order chi connectivity index (χ0) is 10.0. The fourth-order valence-electron chi connectivity index (χ4n) is 0.810. The minimum atomic E-state index is -0.426. The molecular formula is C8H6BrClO2S. The van der Waals surface area contributed by atoms with E-state index in [1.165, 1.54) is 13.2 Å². The van der Waals surface area contributed by atoms with Crippen molar-refractivity contribution in [2.24, 2.45) is 0 Å². The van der Waals surface area contributed by atoms with Gasteiger partial charge in [-0.2, -0.15) is 0 Å². The number of rotatable bonds is 1. The van der Waals surface area contributed by atoms with Gasteiger partial charge in [0.2, 0.25) is 0 Å². The first-order chi connectivity index (χ1) is 6.06. The van der Waals surface area contributed by atoms with E-state index in [4.69, 9.17) is 11.6 Å². The molecule has 0 saturated carbocycles. The molecule has 0 aromatic heterocycles. The van der Waals surface area contributed by atoms with E-state index in [9.17, 15) is 4.79 Å². The first kappa shape index (κ1) is 10.9. The van der Waals surface area contributed by atoms with Crippen LogP contribution >= 0.6 is 40.2 Å². The van der Waals surface area contributed by atoms with Crippen molar-refractivity contribution < 1.29 is 9.53 Å². The molecule has 0 aliphatic heterocycles. The number of halogens is 2. The number of ether oxygens (including phenoxy) is 1. The van der Waals surface area contributed by atoms with Gasteiger partial charge in [0.15, 0.2) is 0 Å². The largest absolute Gasteiger partial charge is 0.465 e. The maximum Gasteiger partial charge on any atom is 0.337 e. The van der Waals surface area contributed by atoms with Crippen LogP contribution in [0, 0.1) is 0 Å². The van der Waals surface area contributed by atoms with E-state index in [-0.39, 0.29) is 0 Å². The highest BCUT2D eigenvalue weighted by atomic mass is 79.9. The molecule has 1 rings (SSSR count). The van der Waals surface area contributed by atoms with E-state index in [1.807, 2.05) is 0 Å². The molecule has 1 aromatic rings. The average molecular weight is 282 g/mol. The summed E-state index contributed by atoms with van der Waals surface area (Å²) in [5.41, 5.74) is 0.390. The van der Waals surface area contributed by atoms with Crippen LogP contribution in [0.4, 0.5) is 0 Å². The molecule has 70 valence electrons. The molecule has 0 aliphatic carbocycles. The molecule has 0 radical (unpaired) electrons. The Hall–Kier alpha value is -0.190. The summed E-state index contributed by atoms with van der Waals surface area (Å²) in [5.74, 6) is -0.426. The lowest BCUT2D eigenvalue weighted by atomic mass is 10.2. The Bertz CT molecular complexity index is 331. The van der Waals surface area contributed by atoms with Gasteiger partial charge in [0.05, 0.1) is 17.7 Å². The summed E-state index contributed by atoms with van der Waals surface area (Å²) >= 11 is 13.2. The Morgan fingerprint density at radius 2 is 2.23 bits per heavy atom. The quantitative estimate of drug-likeness (QED) is 0.632. The van der Waals surface area contributed by atoms with Crippen LogP contribution < -0.4 is 0 Å². The summed E-state index contributed by atoms with van der Waals surface area (Å²) in [6.45, 7) is 0. The zero-order valence-corrected chi connectivity index (χ0v) is 9.91. The van der Waals surface area contributed by atoms with Crippen molar-refractivity contribution >= 4 is 46.1 Å². The molecule has 0 saturated heterocycles. The molecule has 0 amide bonds. The Kier molecular flexibility index (Phi) is 3.64. The first-order valence-corrected chi connectivity index (χ1v) is 4.94. The van der Waals surface area contributed by atoms with Crippen LogP contribution in [-0.2, 0) is 4.74 Å². The third-order valence-electron chi connectivity index (χ3n) is 1.43. The Morgan fingerprint density at radius 3 is 2.69 bits per heavy atom. The number of thiol groups is 1. The maximum atomic E-state index is 11.1. The van der Waals surface area contributed by atoms with Gasteiger partial charge in [0.25, 0.3) is 0 Å². The normalized spacial score (nSPS) is 9.85. The second-order valence-corrected chi connectivity index (χ2v) is 3.96. The van der Waals surface area contributed by atoms with Crippen molar-refractivity contribution in [2.45, 2.75) is 4.90 Å². The van der Waals surface area contributed by atoms with Gasteiger partial charge >= 0.3 is 5.97 Å². The fraction of sp³-hybridized carbons (Fsp3) is 0.125. The van der Waals surface area contributed by atoms with E-state index >= 15 is 0 Å². The molecule has 0 atom stereocenters. The molecule has 1 aromatic carbocycles. The maximum absolute atomic E-state index is 11.1. The second-order valence-electron chi connectivity index (χ2n) is 2.28. The van der Waals surface area contributed by atoms with Crippen molar-refractivity contribution in [3.63, 3.8) is 0 Å². The highest BCUT2D eigenvalue weighted by Gasteiger charge is 2.10. The first-order valence-electron chi connectivity index (χ1n) is 3.32. The van der Waals surface area contributed by atoms with Gasteiger partial charge in [-0.15, -0.1) is 12.6 Å². The van der Waals surface area contributed by atoms with Crippen LogP contribution in [0.1, 0.15) is 10.4 Å². The Labute approximate surface area is 94.8 Å². The van der Waals surface area contributed by atoms with Gasteiger partial charge in [0.1, 0.15) is 0 Å². The topological polar surface area (TPSA) is 26.3 Å². The number of methoxy groups -OCH3 is 1. The van der Waals surface area contributed by atoms with Crippen LogP contribution in [0.15, 0.2) is 21.5 Å². The number of hydrogen-bond donors (Lipinski definition) is 1. The summed E-state index contributed by atoms with van der Waals surface area (Å²) < 4.78 is 5.21. The van der Waals surface area contributed by atoms with Gasteiger partial charge in [-0.05, 0) is 28.1 Å². The molecule has 0 heterocycles. The molecular weight excluding hydrogens is 276 g/mol. The summed E-state index contributed by atoms with van der Waals surface area (Å²) in [6.07, 6.45) is 0. The van der Waals surface area contributed by atoms with Crippen molar-refractivity contribution in [3.8, 4) is 0 Å². The second kappa shape index (κ2) is 4.35. The van der Waals surface area contributed by atoms with Crippen molar-refractivity contribution in [3.05, 3.63) is 27.2 Å². The van der Waals surface area contributed by atoms with Gasteiger partial charge in [-0.25, -0.2) is 4.79 Å². The van der Waals surface area contributed by atoms with Crippen molar-refractivity contribution in [2.75, 3.05) is 7.11 Å². The molecule has 0 unspecified atom stereocenters. The van der Waals surface area contributed by atoms with Gasteiger partial charge in [-0.3, -0.25) is 0 Å². The molecule has 0 fully saturated rings. The SMILES string of the molecule is COC(=O)c1cc(S)c(Br)c(Cl)c1. The van der Waals surface area contributed by atoms with Gasteiger partial charge in [0, 0.05) is 9.37 Å². The number of benzene rings is 1. The summed E-state index contributed by atoms with van der Waals surface area (Å²) in [6, 6.07) is 3.11. The molecule has 0 spiro atoms. The van der Waals surface area contributed by atoms with E-state index in [0.29, 0.717) is 20.0 Å². The third-order valence-corrected chi connectivity index (χ3v) is 3.47. The monoisotopic (exact) mass is 280 g/mol. The van der Waals surface area contributed by atoms with Crippen LogP contribution in [0.3, 0.4) is 0 Å². The number of esters is 1. The minimum absolute atomic E-state index is 0.390. The molecule has 0 bridgehead atoms. The standard InChI is InChI=1S/C8H6BrClO2S/c1-12-8(11)4-2-5(10)7(9)6(13)3-4/h2-3,13H,1H3. The lowest BCUT2D eigenvalue weighted by molar-refractivity contribution is 0.0600. The molecule has 2 nitrogen and oxygen atoms in total. The van der Waals surface area contributed by atoms with Gasteiger partial charge < -0.3 is 4.74 Å². The predicted molar refractivity (Wildman–Crippen MR) is 57.7 cm³/mol. The van der Waals surface area contributed by atoms with Crippen molar-refractivity contribution in [1.29, 1.82) is 0 Å². The van der Waals surface area contributed by atoms with Crippen LogP contribution in [-0.4, -0.2) is 13.1 Å². The summed E-state index contributed by atoms with van der Waals surface area (Å²) in [7, 11) is 1.32. The molecule has 13 heavy (non-hydrogen) atoms. The summed E-state index contributed by atoms with van der Waals surface area (Å²) in [5, 5.41) is 0.438. The van der Waals surface area contributed by atoms with E-state index < -0.39 is 5.97 Å². The molecule has 5 heteroatoms.